The molecule has 1 aliphatic rings. The summed E-state index contributed by atoms with van der Waals surface area (Å²) in [5, 5.41) is 3.42. The predicted molar refractivity (Wildman–Crippen MR) is 52.3 cm³/mol. The van der Waals surface area contributed by atoms with Gasteiger partial charge in [-0.25, -0.2) is 0 Å². The molecule has 1 fully saturated rings. The van der Waals surface area contributed by atoms with Crippen LogP contribution in [0.15, 0.2) is 30.3 Å². The molecular formula is C11H15NO. The molecule has 0 aliphatic carbocycles. The van der Waals surface area contributed by atoms with E-state index in [1.807, 2.05) is 18.2 Å². The lowest BCUT2D eigenvalue weighted by Crippen LogP contribution is -2.35. The molecule has 0 saturated carbocycles. The van der Waals surface area contributed by atoms with Gasteiger partial charge in [-0.1, -0.05) is 30.3 Å². The van der Waals surface area contributed by atoms with Crippen molar-refractivity contribution in [2.24, 2.45) is 0 Å². The summed E-state index contributed by atoms with van der Waals surface area (Å²) in [6.07, 6.45) is 0.0659. The maximum Gasteiger partial charge on any atom is 0.134 e. The van der Waals surface area contributed by atoms with Crippen molar-refractivity contribution in [2.75, 3.05) is 6.61 Å². The van der Waals surface area contributed by atoms with E-state index in [0.717, 1.165) is 6.61 Å². The molecule has 70 valence electrons. The molecule has 0 radical (unpaired) electrons. The maximum atomic E-state index is 5.64. The van der Waals surface area contributed by atoms with Crippen LogP contribution >= 0.6 is 0 Å². The van der Waals surface area contributed by atoms with Gasteiger partial charge in [0.2, 0.25) is 0 Å². The van der Waals surface area contributed by atoms with Gasteiger partial charge >= 0.3 is 0 Å². The lowest BCUT2D eigenvalue weighted by atomic mass is 10.1. The van der Waals surface area contributed by atoms with Crippen LogP contribution in [0.1, 0.15) is 25.6 Å². The normalized spacial score (nSPS) is 26.2. The number of nitrogens with one attached hydrogen (secondary N) is 1. The fraction of sp³-hybridized carbons (Fsp3) is 0.455. The largest absolute Gasteiger partial charge is 0.357 e. The molecule has 1 unspecified atom stereocenters. The second-order valence-corrected chi connectivity index (χ2v) is 4.13. The Hall–Kier alpha value is -0.860. The monoisotopic (exact) mass is 177 g/mol. The highest BCUT2D eigenvalue weighted by Crippen LogP contribution is 2.25. The first-order valence-electron chi connectivity index (χ1n) is 4.62. The molecule has 0 bridgehead atoms. The molecule has 1 aliphatic heterocycles. The Bertz CT molecular complexity index is 281. The predicted octanol–water partition coefficient (Wildman–Crippen LogP) is 2.08. The summed E-state index contributed by atoms with van der Waals surface area (Å²) in [5.41, 5.74) is 1.30. The fourth-order valence-electron chi connectivity index (χ4n) is 1.54. The van der Waals surface area contributed by atoms with Gasteiger partial charge < -0.3 is 4.74 Å². The highest BCUT2D eigenvalue weighted by atomic mass is 16.5. The van der Waals surface area contributed by atoms with E-state index < -0.39 is 0 Å². The van der Waals surface area contributed by atoms with Gasteiger partial charge in [-0.05, 0) is 19.4 Å². The lowest BCUT2D eigenvalue weighted by molar-refractivity contribution is 0.0989. The van der Waals surface area contributed by atoms with E-state index in [4.69, 9.17) is 4.74 Å². The van der Waals surface area contributed by atoms with Crippen molar-refractivity contribution in [3.8, 4) is 0 Å². The molecule has 2 rings (SSSR count). The third-order valence-electron chi connectivity index (χ3n) is 2.23. The molecule has 0 amide bonds. The smallest absolute Gasteiger partial charge is 0.134 e. The minimum Gasteiger partial charge on any atom is -0.357 e. The molecule has 1 aromatic rings. The summed E-state index contributed by atoms with van der Waals surface area (Å²) in [5.74, 6) is 0. The van der Waals surface area contributed by atoms with Crippen LogP contribution in [0.4, 0.5) is 0 Å². The fourth-order valence-corrected chi connectivity index (χ4v) is 1.54. The Morgan fingerprint density at radius 3 is 2.54 bits per heavy atom. The highest BCUT2D eigenvalue weighted by molar-refractivity contribution is 5.18. The van der Waals surface area contributed by atoms with E-state index in [0.29, 0.717) is 0 Å². The average Bonchev–Trinajstić information content (AvgIpc) is 2.48. The zero-order chi connectivity index (χ0) is 9.31. The van der Waals surface area contributed by atoms with Crippen molar-refractivity contribution in [1.29, 1.82) is 0 Å². The lowest BCUT2D eigenvalue weighted by Gasteiger charge is -2.16. The van der Waals surface area contributed by atoms with Crippen LogP contribution in [-0.4, -0.2) is 12.1 Å². The number of hydrogen-bond donors (Lipinski definition) is 1. The molecule has 1 atom stereocenters. The molecular weight excluding hydrogens is 162 g/mol. The van der Waals surface area contributed by atoms with E-state index in [-0.39, 0.29) is 11.8 Å². The molecule has 1 saturated heterocycles. The minimum atomic E-state index is 0.0659. The van der Waals surface area contributed by atoms with Gasteiger partial charge in [0.15, 0.2) is 0 Å². The Balaban J connectivity index is 2.13. The average molecular weight is 177 g/mol. The van der Waals surface area contributed by atoms with E-state index in [9.17, 15) is 0 Å². The zero-order valence-electron chi connectivity index (χ0n) is 8.08. The van der Waals surface area contributed by atoms with Crippen LogP contribution in [0.3, 0.4) is 0 Å². The second kappa shape index (κ2) is 3.13. The van der Waals surface area contributed by atoms with Crippen molar-refractivity contribution in [1.82, 2.24) is 5.32 Å². The topological polar surface area (TPSA) is 21.3 Å². The standard InChI is InChI=1S/C11H15NO/c1-11(2)8-13-10(12-11)9-6-4-3-5-7-9/h3-7,10,12H,8H2,1-2H3. The molecule has 1 N–H and O–H groups in total. The van der Waals surface area contributed by atoms with Crippen LogP contribution in [-0.2, 0) is 4.74 Å². The molecule has 1 heterocycles. The summed E-state index contributed by atoms with van der Waals surface area (Å²) < 4.78 is 5.64. The molecule has 0 spiro atoms. The third-order valence-corrected chi connectivity index (χ3v) is 2.23. The Morgan fingerprint density at radius 1 is 1.31 bits per heavy atom. The van der Waals surface area contributed by atoms with Gasteiger partial charge in [0, 0.05) is 5.54 Å². The SMILES string of the molecule is CC1(C)COC(c2ccccc2)N1. The van der Waals surface area contributed by atoms with Crippen molar-refractivity contribution in [3.63, 3.8) is 0 Å². The first-order chi connectivity index (χ1) is 6.17. The first kappa shape index (κ1) is 8.73. The van der Waals surface area contributed by atoms with Crippen LogP contribution in [0.2, 0.25) is 0 Å². The molecule has 0 aromatic heterocycles. The molecule has 2 nitrogen and oxygen atoms in total. The second-order valence-electron chi connectivity index (χ2n) is 4.13. The van der Waals surface area contributed by atoms with E-state index in [1.165, 1.54) is 5.56 Å². The summed E-state index contributed by atoms with van der Waals surface area (Å²) in [6, 6.07) is 10.2. The summed E-state index contributed by atoms with van der Waals surface area (Å²) in [7, 11) is 0. The van der Waals surface area contributed by atoms with Crippen LogP contribution < -0.4 is 5.32 Å². The van der Waals surface area contributed by atoms with Crippen molar-refractivity contribution in [2.45, 2.75) is 25.6 Å². The molecule has 2 heteroatoms. The zero-order valence-corrected chi connectivity index (χ0v) is 8.08. The summed E-state index contributed by atoms with van der Waals surface area (Å²) >= 11 is 0. The molecule has 1 aromatic carbocycles. The Kier molecular flexibility index (Phi) is 2.10. The van der Waals surface area contributed by atoms with Crippen molar-refractivity contribution < 1.29 is 4.74 Å². The van der Waals surface area contributed by atoms with Crippen molar-refractivity contribution >= 4 is 0 Å². The number of rotatable bonds is 1. The molecule has 13 heavy (non-hydrogen) atoms. The van der Waals surface area contributed by atoms with Crippen LogP contribution in [0.25, 0.3) is 0 Å². The van der Waals surface area contributed by atoms with E-state index >= 15 is 0 Å². The van der Waals surface area contributed by atoms with Gasteiger partial charge in [0.05, 0.1) is 6.61 Å². The maximum absolute atomic E-state index is 5.64. The first-order valence-corrected chi connectivity index (χ1v) is 4.62. The van der Waals surface area contributed by atoms with Gasteiger partial charge in [0.25, 0.3) is 0 Å². The van der Waals surface area contributed by atoms with Gasteiger partial charge in [-0.15, -0.1) is 0 Å². The van der Waals surface area contributed by atoms with Gasteiger partial charge in [-0.3, -0.25) is 5.32 Å². The quantitative estimate of drug-likeness (QED) is 0.709. The number of ether oxygens (including phenoxy) is 1. The van der Waals surface area contributed by atoms with Crippen LogP contribution in [0, 0.1) is 0 Å². The number of benzene rings is 1. The minimum absolute atomic E-state index is 0.0659. The number of hydrogen-bond acceptors (Lipinski definition) is 2. The van der Waals surface area contributed by atoms with Crippen molar-refractivity contribution in [3.05, 3.63) is 35.9 Å². The summed E-state index contributed by atoms with van der Waals surface area (Å²) in [4.78, 5) is 0. The van der Waals surface area contributed by atoms with Gasteiger partial charge in [-0.2, -0.15) is 0 Å². The Labute approximate surface area is 78.9 Å². The van der Waals surface area contributed by atoms with E-state index in [1.54, 1.807) is 0 Å². The third kappa shape index (κ3) is 1.90. The Morgan fingerprint density at radius 2 is 2.00 bits per heavy atom. The van der Waals surface area contributed by atoms with Crippen LogP contribution in [0.5, 0.6) is 0 Å². The highest BCUT2D eigenvalue weighted by Gasteiger charge is 2.31. The van der Waals surface area contributed by atoms with Gasteiger partial charge in [0.1, 0.15) is 6.23 Å². The summed E-state index contributed by atoms with van der Waals surface area (Å²) in [6.45, 7) is 5.07. The van der Waals surface area contributed by atoms with E-state index in [2.05, 4.69) is 31.3 Å².